The highest BCUT2D eigenvalue weighted by molar-refractivity contribution is 6.25. The Morgan fingerprint density at radius 3 is 2.38 bits per heavy atom. The molecule has 0 saturated heterocycles. The van der Waals surface area contributed by atoms with Gasteiger partial charge in [0.05, 0.1) is 0 Å². The van der Waals surface area contributed by atoms with Gasteiger partial charge in [-0.2, -0.15) is 0 Å². The summed E-state index contributed by atoms with van der Waals surface area (Å²) in [6.45, 7) is 0. The Labute approximate surface area is 51.2 Å². The topological polar surface area (TPSA) is 46.5 Å². The summed E-state index contributed by atoms with van der Waals surface area (Å²) in [5, 5.41) is 7.13. The van der Waals surface area contributed by atoms with Gasteiger partial charge in [0.1, 0.15) is 0 Å². The van der Waals surface area contributed by atoms with E-state index in [2.05, 4.69) is 4.74 Å². The summed E-state index contributed by atoms with van der Waals surface area (Å²) in [6.07, 6.45) is -0.0145. The van der Waals surface area contributed by atoms with Crippen LogP contribution in [0.25, 0.3) is 0 Å². The van der Waals surface area contributed by atoms with Crippen LogP contribution in [0.2, 0.25) is 0 Å². The van der Waals surface area contributed by atoms with Crippen LogP contribution in [0.4, 0.5) is 4.79 Å². The van der Waals surface area contributed by atoms with Gasteiger partial charge in [-0.1, -0.05) is 11.6 Å². The SMILES string of the molecule is O=C(O)OC1(Cl)CC1. The number of rotatable bonds is 1. The van der Waals surface area contributed by atoms with E-state index in [-0.39, 0.29) is 0 Å². The zero-order valence-corrected chi connectivity index (χ0v) is 4.81. The summed E-state index contributed by atoms with van der Waals surface area (Å²) >= 11 is 5.44. The molecule has 0 bridgehead atoms. The van der Waals surface area contributed by atoms with Crippen molar-refractivity contribution in [2.45, 2.75) is 17.9 Å². The minimum Gasteiger partial charge on any atom is -0.450 e. The zero-order chi connectivity index (χ0) is 6.20. The number of ether oxygens (including phenoxy) is 1. The second-order valence-corrected chi connectivity index (χ2v) is 2.44. The first-order valence-electron chi connectivity index (χ1n) is 2.23. The quantitative estimate of drug-likeness (QED) is 0.438. The van der Waals surface area contributed by atoms with Crippen molar-refractivity contribution in [3.05, 3.63) is 0 Å². The molecule has 8 heavy (non-hydrogen) atoms. The molecule has 1 aliphatic rings. The van der Waals surface area contributed by atoms with E-state index in [4.69, 9.17) is 16.7 Å². The summed E-state index contributed by atoms with van der Waals surface area (Å²) in [5.74, 6) is 0. The van der Waals surface area contributed by atoms with E-state index >= 15 is 0 Å². The van der Waals surface area contributed by atoms with Crippen LogP contribution in [0.5, 0.6) is 0 Å². The fraction of sp³-hybridized carbons (Fsp3) is 0.750. The zero-order valence-electron chi connectivity index (χ0n) is 4.06. The maximum absolute atomic E-state index is 9.75. The molecule has 1 aliphatic carbocycles. The summed E-state index contributed by atoms with van der Waals surface area (Å²) in [5.41, 5.74) is 0. The minimum atomic E-state index is -1.29. The lowest BCUT2D eigenvalue weighted by Gasteiger charge is -2.01. The summed E-state index contributed by atoms with van der Waals surface area (Å²) < 4.78 is 4.23. The van der Waals surface area contributed by atoms with Crippen LogP contribution in [0.15, 0.2) is 0 Å². The molecule has 1 rings (SSSR count). The average Bonchev–Trinajstić information content (AvgIpc) is 2.17. The van der Waals surface area contributed by atoms with Gasteiger partial charge in [-0.25, -0.2) is 4.79 Å². The van der Waals surface area contributed by atoms with Crippen molar-refractivity contribution in [3.8, 4) is 0 Å². The second kappa shape index (κ2) is 1.52. The van der Waals surface area contributed by atoms with Gasteiger partial charge in [-0.15, -0.1) is 0 Å². The lowest BCUT2D eigenvalue weighted by atomic mass is 10.8. The molecule has 0 aromatic rings. The Balaban J connectivity index is 2.29. The van der Waals surface area contributed by atoms with Crippen LogP contribution >= 0.6 is 11.6 Å². The summed E-state index contributed by atoms with van der Waals surface area (Å²) in [4.78, 5) is 9.75. The molecule has 46 valence electrons. The van der Waals surface area contributed by atoms with Crippen molar-refractivity contribution in [1.29, 1.82) is 0 Å². The van der Waals surface area contributed by atoms with Crippen molar-refractivity contribution >= 4 is 17.8 Å². The molecule has 1 N–H and O–H groups in total. The normalized spacial score (nSPS) is 22.1. The van der Waals surface area contributed by atoms with Gasteiger partial charge < -0.3 is 9.84 Å². The number of alkyl halides is 1. The smallest absolute Gasteiger partial charge is 0.450 e. The van der Waals surface area contributed by atoms with E-state index in [1.54, 1.807) is 0 Å². The Morgan fingerprint density at radius 2 is 2.25 bits per heavy atom. The highest BCUT2D eigenvalue weighted by Crippen LogP contribution is 2.43. The first-order chi connectivity index (χ1) is 3.62. The molecule has 0 aromatic heterocycles. The van der Waals surface area contributed by atoms with Gasteiger partial charge in [0.25, 0.3) is 0 Å². The van der Waals surface area contributed by atoms with Gasteiger partial charge >= 0.3 is 6.16 Å². The van der Waals surface area contributed by atoms with Crippen LogP contribution in [-0.2, 0) is 4.74 Å². The molecule has 0 unspecified atom stereocenters. The van der Waals surface area contributed by atoms with Gasteiger partial charge in [0, 0.05) is 12.8 Å². The largest absolute Gasteiger partial charge is 0.507 e. The molecular formula is C4H5ClO3. The fourth-order valence-electron chi connectivity index (χ4n) is 0.357. The van der Waals surface area contributed by atoms with Crippen LogP contribution in [0.3, 0.4) is 0 Å². The second-order valence-electron chi connectivity index (χ2n) is 1.75. The van der Waals surface area contributed by atoms with E-state index in [1.165, 1.54) is 0 Å². The van der Waals surface area contributed by atoms with E-state index in [0.29, 0.717) is 12.8 Å². The van der Waals surface area contributed by atoms with Crippen LogP contribution in [0.1, 0.15) is 12.8 Å². The molecule has 0 aromatic carbocycles. The lowest BCUT2D eigenvalue weighted by molar-refractivity contribution is 0.0719. The summed E-state index contributed by atoms with van der Waals surface area (Å²) in [6, 6.07) is 0. The minimum absolute atomic E-state index is 0.640. The van der Waals surface area contributed by atoms with Gasteiger partial charge in [-0.05, 0) is 0 Å². The van der Waals surface area contributed by atoms with Gasteiger partial charge in [-0.3, -0.25) is 0 Å². The molecule has 0 atom stereocenters. The van der Waals surface area contributed by atoms with E-state index < -0.39 is 11.2 Å². The predicted octanol–water partition coefficient (Wildman–Crippen LogP) is 1.41. The van der Waals surface area contributed by atoms with E-state index in [9.17, 15) is 4.79 Å². The van der Waals surface area contributed by atoms with Gasteiger partial charge in [0.2, 0.25) is 0 Å². The molecule has 0 aliphatic heterocycles. The van der Waals surface area contributed by atoms with Crippen molar-refractivity contribution in [2.24, 2.45) is 0 Å². The standard InChI is InChI=1S/C4H5ClO3/c5-4(1-2-4)8-3(6)7/h1-2H2,(H,6,7). The Kier molecular flexibility index (Phi) is 1.08. The highest BCUT2D eigenvalue weighted by atomic mass is 35.5. The van der Waals surface area contributed by atoms with Crippen LogP contribution < -0.4 is 0 Å². The molecular weight excluding hydrogens is 131 g/mol. The number of hydrogen-bond acceptors (Lipinski definition) is 2. The molecule has 0 radical (unpaired) electrons. The molecule has 1 fully saturated rings. The third-order valence-electron chi connectivity index (χ3n) is 0.913. The van der Waals surface area contributed by atoms with Gasteiger partial charge in [0.15, 0.2) is 5.06 Å². The Hall–Kier alpha value is -0.440. The fourth-order valence-corrected chi connectivity index (χ4v) is 0.517. The lowest BCUT2D eigenvalue weighted by Crippen LogP contribution is -2.09. The average molecular weight is 137 g/mol. The Morgan fingerprint density at radius 1 is 1.75 bits per heavy atom. The number of carbonyl (C=O) groups is 1. The summed E-state index contributed by atoms with van der Waals surface area (Å²) in [7, 11) is 0. The molecule has 3 nitrogen and oxygen atoms in total. The van der Waals surface area contributed by atoms with Crippen molar-refractivity contribution in [3.63, 3.8) is 0 Å². The first kappa shape index (κ1) is 5.69. The molecule has 0 spiro atoms. The maximum atomic E-state index is 9.75. The van der Waals surface area contributed by atoms with Crippen molar-refractivity contribution in [2.75, 3.05) is 0 Å². The number of halogens is 1. The van der Waals surface area contributed by atoms with Crippen LogP contribution in [-0.4, -0.2) is 16.3 Å². The molecule has 1 saturated carbocycles. The predicted molar refractivity (Wildman–Crippen MR) is 26.9 cm³/mol. The molecule has 0 heterocycles. The van der Waals surface area contributed by atoms with Crippen molar-refractivity contribution in [1.82, 2.24) is 0 Å². The Bertz CT molecular complexity index is 118. The van der Waals surface area contributed by atoms with Crippen LogP contribution in [0, 0.1) is 0 Å². The highest BCUT2D eigenvalue weighted by Gasteiger charge is 2.45. The first-order valence-corrected chi connectivity index (χ1v) is 2.61. The number of hydrogen-bond donors (Lipinski definition) is 1. The van der Waals surface area contributed by atoms with Crippen molar-refractivity contribution < 1.29 is 14.6 Å². The molecule has 0 amide bonds. The maximum Gasteiger partial charge on any atom is 0.507 e. The monoisotopic (exact) mass is 136 g/mol. The van der Waals surface area contributed by atoms with E-state index in [1.807, 2.05) is 0 Å². The molecule has 4 heteroatoms. The number of carboxylic acid groups (broad SMARTS) is 1. The third kappa shape index (κ3) is 1.26. The third-order valence-corrected chi connectivity index (χ3v) is 1.37. The van der Waals surface area contributed by atoms with E-state index in [0.717, 1.165) is 0 Å².